The Morgan fingerprint density at radius 2 is 1.97 bits per heavy atom. The molecule has 0 spiro atoms. The zero-order chi connectivity index (χ0) is 20.1. The molecular formula is C22H23N5OS. The number of benzene rings is 1. The van der Waals surface area contributed by atoms with Gasteiger partial charge >= 0.3 is 0 Å². The van der Waals surface area contributed by atoms with E-state index >= 15 is 0 Å². The summed E-state index contributed by atoms with van der Waals surface area (Å²) in [5.74, 6) is 0.868. The van der Waals surface area contributed by atoms with Crippen molar-refractivity contribution in [2.24, 2.45) is 0 Å². The van der Waals surface area contributed by atoms with Crippen molar-refractivity contribution in [3.8, 4) is 0 Å². The molecule has 1 aromatic carbocycles. The zero-order valence-corrected chi connectivity index (χ0v) is 17.1. The zero-order valence-electron chi connectivity index (χ0n) is 16.3. The van der Waals surface area contributed by atoms with E-state index in [0.717, 1.165) is 58.8 Å². The Morgan fingerprint density at radius 3 is 2.79 bits per heavy atom. The molecule has 0 bridgehead atoms. The average molecular weight is 406 g/mol. The molecule has 0 saturated heterocycles. The van der Waals surface area contributed by atoms with Crippen LogP contribution in [-0.4, -0.2) is 25.8 Å². The van der Waals surface area contributed by atoms with E-state index in [9.17, 15) is 4.79 Å². The first kappa shape index (κ1) is 19.3. The number of unbranched alkanes of at least 4 members (excludes halogenated alkanes) is 1. The summed E-state index contributed by atoms with van der Waals surface area (Å²) in [6.45, 7) is 2.40. The summed E-state index contributed by atoms with van der Waals surface area (Å²) in [6, 6.07) is 12.0. The lowest BCUT2D eigenvalue weighted by atomic mass is 10.2. The van der Waals surface area contributed by atoms with Crippen molar-refractivity contribution in [2.45, 2.75) is 39.2 Å². The summed E-state index contributed by atoms with van der Waals surface area (Å²) in [6.07, 6.45) is 5.63. The van der Waals surface area contributed by atoms with Gasteiger partial charge in [-0.3, -0.25) is 9.78 Å². The number of rotatable bonds is 8. The molecule has 4 rings (SSSR count). The van der Waals surface area contributed by atoms with Gasteiger partial charge in [-0.15, -0.1) is 11.3 Å². The molecule has 0 saturated carbocycles. The van der Waals surface area contributed by atoms with E-state index in [0.29, 0.717) is 12.2 Å². The number of hydrogen-bond acceptors (Lipinski definition) is 5. The van der Waals surface area contributed by atoms with Crippen LogP contribution < -0.4 is 5.32 Å². The number of aromatic amines is 1. The first-order valence-corrected chi connectivity index (χ1v) is 10.6. The van der Waals surface area contributed by atoms with Crippen molar-refractivity contribution in [3.63, 3.8) is 0 Å². The number of carbonyl (C=O) groups excluding carboxylic acids is 1. The molecule has 0 radical (unpaired) electrons. The minimum atomic E-state index is -0.155. The minimum Gasteiger partial charge on any atom is -0.345 e. The summed E-state index contributed by atoms with van der Waals surface area (Å²) in [5, 5.41) is 5.70. The fourth-order valence-electron chi connectivity index (χ4n) is 3.09. The predicted octanol–water partition coefficient (Wildman–Crippen LogP) is 4.22. The van der Waals surface area contributed by atoms with Crippen molar-refractivity contribution >= 4 is 28.3 Å². The van der Waals surface area contributed by atoms with Crippen LogP contribution in [-0.2, 0) is 19.4 Å². The van der Waals surface area contributed by atoms with E-state index in [-0.39, 0.29) is 5.91 Å². The second-order valence-corrected chi connectivity index (χ2v) is 7.99. The number of imidazole rings is 1. The van der Waals surface area contributed by atoms with Crippen LogP contribution in [0.15, 0.2) is 48.0 Å². The monoisotopic (exact) mass is 405 g/mol. The molecule has 6 nitrogen and oxygen atoms in total. The van der Waals surface area contributed by atoms with Crippen LogP contribution in [0.5, 0.6) is 0 Å². The van der Waals surface area contributed by atoms with Crippen molar-refractivity contribution in [1.82, 2.24) is 25.3 Å². The molecule has 29 heavy (non-hydrogen) atoms. The maximum atomic E-state index is 12.3. The minimum absolute atomic E-state index is 0.155. The maximum absolute atomic E-state index is 12.3. The number of amides is 1. The number of para-hydroxylation sites is 2. The first-order chi connectivity index (χ1) is 14.2. The van der Waals surface area contributed by atoms with Crippen LogP contribution in [0.3, 0.4) is 0 Å². The molecule has 4 aromatic rings. The van der Waals surface area contributed by atoms with Crippen LogP contribution >= 0.6 is 11.3 Å². The van der Waals surface area contributed by atoms with Gasteiger partial charge in [0.05, 0.1) is 28.3 Å². The topological polar surface area (TPSA) is 83.6 Å². The standard InChI is InChI=1S/C22H23N5OS/c1-15-10-11-16(23-12-15)13-24-22(28)19-14-29-21(27-19)9-5-4-8-20-25-17-6-2-3-7-18(17)26-20/h2-3,6-7,10-12,14H,4-5,8-9,13H2,1H3,(H,24,28)(H,25,26). The average Bonchev–Trinajstić information content (AvgIpc) is 3.37. The van der Waals surface area contributed by atoms with Gasteiger partial charge in [-0.1, -0.05) is 18.2 Å². The van der Waals surface area contributed by atoms with E-state index in [1.165, 1.54) is 0 Å². The number of nitrogens with one attached hydrogen (secondary N) is 2. The molecule has 1 amide bonds. The van der Waals surface area contributed by atoms with E-state index in [4.69, 9.17) is 0 Å². The second kappa shape index (κ2) is 8.96. The highest BCUT2D eigenvalue weighted by atomic mass is 32.1. The van der Waals surface area contributed by atoms with Crippen LogP contribution in [0, 0.1) is 6.92 Å². The van der Waals surface area contributed by atoms with Gasteiger partial charge in [-0.05, 0) is 49.9 Å². The Labute approximate surface area is 173 Å². The van der Waals surface area contributed by atoms with E-state index < -0.39 is 0 Å². The lowest BCUT2D eigenvalue weighted by Crippen LogP contribution is -2.23. The molecule has 3 aromatic heterocycles. The Morgan fingerprint density at radius 1 is 1.10 bits per heavy atom. The van der Waals surface area contributed by atoms with Gasteiger partial charge in [-0.25, -0.2) is 9.97 Å². The molecule has 148 valence electrons. The first-order valence-electron chi connectivity index (χ1n) is 9.75. The van der Waals surface area contributed by atoms with Crippen molar-refractivity contribution in [3.05, 3.63) is 75.8 Å². The fraction of sp³-hybridized carbons (Fsp3) is 0.273. The summed E-state index contributed by atoms with van der Waals surface area (Å²) in [5.41, 5.74) is 4.52. The summed E-state index contributed by atoms with van der Waals surface area (Å²) in [4.78, 5) is 29.0. The van der Waals surface area contributed by atoms with Gasteiger partial charge in [-0.2, -0.15) is 0 Å². The molecule has 0 aliphatic carbocycles. The molecule has 3 heterocycles. The molecule has 2 N–H and O–H groups in total. The SMILES string of the molecule is Cc1ccc(CNC(=O)c2csc(CCCCc3nc4ccccc4[nH]3)n2)nc1. The van der Waals surface area contributed by atoms with Gasteiger partial charge in [0.1, 0.15) is 11.5 Å². The summed E-state index contributed by atoms with van der Waals surface area (Å²) < 4.78 is 0. The normalized spacial score (nSPS) is 11.1. The third kappa shape index (κ3) is 5.06. The lowest BCUT2D eigenvalue weighted by molar-refractivity contribution is 0.0946. The van der Waals surface area contributed by atoms with Crippen molar-refractivity contribution < 1.29 is 4.79 Å². The Balaban J connectivity index is 1.22. The third-order valence-electron chi connectivity index (χ3n) is 4.68. The number of aryl methyl sites for hydroxylation is 3. The largest absolute Gasteiger partial charge is 0.345 e. The van der Waals surface area contributed by atoms with Crippen molar-refractivity contribution in [2.75, 3.05) is 0 Å². The van der Waals surface area contributed by atoms with Crippen molar-refractivity contribution in [1.29, 1.82) is 0 Å². The molecule has 7 heteroatoms. The Bertz CT molecular complexity index is 1070. The molecule has 0 fully saturated rings. The number of H-pyrrole nitrogens is 1. The number of pyridine rings is 1. The number of thiazole rings is 1. The number of nitrogens with zero attached hydrogens (tertiary/aromatic N) is 3. The van der Waals surface area contributed by atoms with Crippen LogP contribution in [0.4, 0.5) is 0 Å². The Kier molecular flexibility index (Phi) is 5.95. The number of hydrogen-bond donors (Lipinski definition) is 2. The smallest absolute Gasteiger partial charge is 0.271 e. The second-order valence-electron chi connectivity index (χ2n) is 7.04. The molecule has 0 aliphatic heterocycles. The van der Waals surface area contributed by atoms with E-state index in [2.05, 4.69) is 25.3 Å². The molecule has 0 atom stereocenters. The maximum Gasteiger partial charge on any atom is 0.271 e. The predicted molar refractivity (Wildman–Crippen MR) is 115 cm³/mol. The van der Waals surface area contributed by atoms with Gasteiger partial charge in [0.2, 0.25) is 0 Å². The highest BCUT2D eigenvalue weighted by Gasteiger charge is 2.11. The van der Waals surface area contributed by atoms with Crippen LogP contribution in [0.2, 0.25) is 0 Å². The summed E-state index contributed by atoms with van der Waals surface area (Å²) in [7, 11) is 0. The molecular weight excluding hydrogens is 382 g/mol. The Hall–Kier alpha value is -3.06. The molecule has 0 unspecified atom stereocenters. The third-order valence-corrected chi connectivity index (χ3v) is 5.59. The highest BCUT2D eigenvalue weighted by Crippen LogP contribution is 2.15. The number of fused-ring (bicyclic) bond motifs is 1. The summed E-state index contributed by atoms with van der Waals surface area (Å²) >= 11 is 1.54. The van der Waals surface area contributed by atoms with Gasteiger partial charge in [0, 0.05) is 18.0 Å². The number of carbonyl (C=O) groups is 1. The van der Waals surface area contributed by atoms with Crippen LogP contribution in [0.1, 0.15) is 45.4 Å². The quantitative estimate of drug-likeness (QED) is 0.430. The lowest BCUT2D eigenvalue weighted by Gasteiger charge is -2.03. The van der Waals surface area contributed by atoms with Gasteiger partial charge in [0.25, 0.3) is 5.91 Å². The van der Waals surface area contributed by atoms with E-state index in [1.807, 2.05) is 48.7 Å². The van der Waals surface area contributed by atoms with Gasteiger partial charge < -0.3 is 10.3 Å². The van der Waals surface area contributed by atoms with Gasteiger partial charge in [0.15, 0.2) is 0 Å². The fourth-order valence-corrected chi connectivity index (χ4v) is 3.91. The van der Waals surface area contributed by atoms with E-state index in [1.54, 1.807) is 17.5 Å². The van der Waals surface area contributed by atoms with Crippen LogP contribution in [0.25, 0.3) is 11.0 Å². The highest BCUT2D eigenvalue weighted by molar-refractivity contribution is 7.09. The number of aromatic nitrogens is 4. The molecule has 0 aliphatic rings.